The van der Waals surface area contributed by atoms with Gasteiger partial charge < -0.3 is 0 Å². The van der Waals surface area contributed by atoms with Crippen LogP contribution in [-0.2, 0) is 0 Å². The Balaban J connectivity index is 2.40. The molecule has 0 bridgehead atoms. The first-order chi connectivity index (χ1) is 2.41. The van der Waals surface area contributed by atoms with Crippen molar-refractivity contribution in [1.29, 1.82) is 0 Å². The van der Waals surface area contributed by atoms with Gasteiger partial charge in [-0.2, -0.15) is 0 Å². The van der Waals surface area contributed by atoms with Gasteiger partial charge in [-0.05, 0) is 0 Å². The fourth-order valence-corrected chi connectivity index (χ4v) is 0.354. The van der Waals surface area contributed by atoms with Crippen LogP contribution in [-0.4, -0.2) is 12.9 Å². The molecule has 0 aliphatic carbocycles. The van der Waals surface area contributed by atoms with Crippen LogP contribution in [0, 0.1) is 0 Å². The van der Waals surface area contributed by atoms with E-state index < -0.39 is 0 Å². The molecule has 0 aliphatic rings. The minimum Gasteiger partial charge on any atom is -0.216 e. The van der Waals surface area contributed by atoms with Crippen molar-refractivity contribution in [2.24, 2.45) is 0 Å². The molecule has 5 heavy (non-hydrogen) atoms. The maximum Gasteiger partial charge on any atom is 0.174 e. The van der Waals surface area contributed by atoms with Crippen LogP contribution in [0.2, 0.25) is 0 Å². The molecule has 0 saturated heterocycles. The highest BCUT2D eigenvalue weighted by Gasteiger charge is 1.61. The minimum atomic E-state index is 1.07. The van der Waals surface area contributed by atoms with Crippen molar-refractivity contribution in [1.82, 2.24) is 0 Å². The average molecular weight is 86.0 g/mol. The lowest BCUT2D eigenvalue weighted by Gasteiger charge is -1.74. The first kappa shape index (κ1) is 5.15. The van der Waals surface area contributed by atoms with Crippen LogP contribution < -0.4 is 0 Å². The van der Waals surface area contributed by atoms with E-state index in [1.807, 2.05) is 6.08 Å². The summed E-state index contributed by atoms with van der Waals surface area (Å²) in [6.45, 7) is 3.53. The average Bonchev–Trinajstić information content (AvgIpc) is 1.41. The van der Waals surface area contributed by atoms with Crippen molar-refractivity contribution in [3.63, 3.8) is 0 Å². The van der Waals surface area contributed by atoms with Crippen molar-refractivity contribution < 1.29 is 0 Å². The van der Waals surface area contributed by atoms with Gasteiger partial charge in [0, 0.05) is 5.75 Å². The molecule has 0 unspecified atom stereocenters. The normalized spacial score (nSPS) is 7.20. The number of hydrogen-bond acceptors (Lipinski definition) is 1. The van der Waals surface area contributed by atoms with Crippen molar-refractivity contribution >= 4 is 18.7 Å². The molecule has 28 valence electrons. The van der Waals surface area contributed by atoms with Crippen molar-refractivity contribution in [3.05, 3.63) is 12.7 Å². The summed E-state index contributed by atoms with van der Waals surface area (Å²) in [5, 5.41) is 0. The van der Waals surface area contributed by atoms with Gasteiger partial charge in [-0.1, -0.05) is 6.08 Å². The molecule has 0 aromatic carbocycles. The molecule has 0 rings (SSSR count). The van der Waals surface area contributed by atoms with Crippen molar-refractivity contribution in [3.8, 4) is 0 Å². The highest BCUT2D eigenvalue weighted by molar-refractivity contribution is 8.19. The van der Waals surface area contributed by atoms with E-state index in [4.69, 9.17) is 0 Å². The summed E-state index contributed by atoms with van der Waals surface area (Å²) in [7, 11) is 2.06. The summed E-state index contributed by atoms with van der Waals surface area (Å²) in [6.07, 6.45) is 1.89. The van der Waals surface area contributed by atoms with Gasteiger partial charge in [0.15, 0.2) is 7.12 Å². The molecule has 0 heterocycles. The predicted molar refractivity (Wildman–Crippen MR) is 31.2 cm³/mol. The molecule has 0 amide bonds. The first-order valence-electron chi connectivity index (χ1n) is 1.51. The zero-order valence-electron chi connectivity index (χ0n) is 3.40. The molecule has 0 radical (unpaired) electrons. The summed E-state index contributed by atoms with van der Waals surface area (Å²) in [5.41, 5.74) is 0. The third kappa shape index (κ3) is 4.15. The van der Waals surface area contributed by atoms with Gasteiger partial charge in [0.25, 0.3) is 0 Å². The molecule has 2 heteroatoms. The van der Waals surface area contributed by atoms with Crippen LogP contribution in [0.3, 0.4) is 0 Å². The molecule has 0 aromatic rings. The zero-order valence-corrected chi connectivity index (χ0v) is 4.22. The Kier molecular flexibility index (Phi) is 4.28. The van der Waals surface area contributed by atoms with E-state index >= 15 is 0 Å². The van der Waals surface area contributed by atoms with Crippen molar-refractivity contribution in [2.75, 3.05) is 5.75 Å². The third-order valence-electron chi connectivity index (χ3n) is 0.285. The maximum absolute atomic E-state index is 3.53. The van der Waals surface area contributed by atoms with E-state index in [-0.39, 0.29) is 0 Å². The Morgan fingerprint density at radius 2 is 2.60 bits per heavy atom. The van der Waals surface area contributed by atoms with Crippen LogP contribution in [0.25, 0.3) is 0 Å². The maximum atomic E-state index is 3.53. The van der Waals surface area contributed by atoms with E-state index in [0.29, 0.717) is 0 Å². The van der Waals surface area contributed by atoms with Crippen LogP contribution in [0.15, 0.2) is 12.7 Å². The number of hydrogen-bond donors (Lipinski definition) is 0. The van der Waals surface area contributed by atoms with Gasteiger partial charge >= 0.3 is 0 Å². The summed E-state index contributed by atoms with van der Waals surface area (Å²) >= 11 is 1.78. The van der Waals surface area contributed by atoms with E-state index in [1.54, 1.807) is 11.6 Å². The monoisotopic (exact) mass is 86.0 g/mol. The molecule has 0 N–H and O–H groups in total. The fourth-order valence-electron chi connectivity index (χ4n) is 0.118. The van der Waals surface area contributed by atoms with Crippen LogP contribution in [0.1, 0.15) is 0 Å². The number of rotatable bonds is 2. The van der Waals surface area contributed by atoms with E-state index in [2.05, 4.69) is 13.7 Å². The second kappa shape index (κ2) is 4.15. The molecule has 0 saturated carbocycles. The molecule has 0 spiro atoms. The van der Waals surface area contributed by atoms with Crippen LogP contribution in [0.4, 0.5) is 0 Å². The quantitative estimate of drug-likeness (QED) is 0.347. The second-order valence-electron chi connectivity index (χ2n) is 0.744. The van der Waals surface area contributed by atoms with Gasteiger partial charge in [0.2, 0.25) is 0 Å². The van der Waals surface area contributed by atoms with Gasteiger partial charge in [-0.3, -0.25) is 0 Å². The molecule has 0 nitrogen and oxygen atoms in total. The lowest BCUT2D eigenvalue weighted by atomic mass is 10.7. The summed E-state index contributed by atoms with van der Waals surface area (Å²) in [5.74, 6) is 1.07. The second-order valence-corrected chi connectivity index (χ2v) is 1.65. The van der Waals surface area contributed by atoms with Gasteiger partial charge in [-0.25, -0.2) is 11.6 Å². The standard InChI is InChI=1S/C3H7BS/c1-2-3-5-4/h2H,1,3-4H2. The smallest absolute Gasteiger partial charge is 0.174 e. The van der Waals surface area contributed by atoms with Gasteiger partial charge in [0.1, 0.15) is 0 Å². The highest BCUT2D eigenvalue weighted by Crippen LogP contribution is 1.85. The Labute approximate surface area is 38.0 Å². The van der Waals surface area contributed by atoms with Gasteiger partial charge in [0.05, 0.1) is 0 Å². The summed E-state index contributed by atoms with van der Waals surface area (Å²) < 4.78 is 0. The molecule has 0 atom stereocenters. The third-order valence-corrected chi connectivity index (χ3v) is 0.854. The molecule has 0 aromatic heterocycles. The van der Waals surface area contributed by atoms with E-state index in [1.165, 1.54) is 0 Å². The van der Waals surface area contributed by atoms with Crippen LogP contribution in [0.5, 0.6) is 0 Å². The molecular formula is C3H7BS. The van der Waals surface area contributed by atoms with Crippen LogP contribution >= 0.6 is 11.6 Å². The summed E-state index contributed by atoms with van der Waals surface area (Å²) in [4.78, 5) is 0. The Hall–Kier alpha value is 0.155. The zero-order chi connectivity index (χ0) is 4.12. The predicted octanol–water partition coefficient (Wildman–Crippen LogP) is 0.454. The van der Waals surface area contributed by atoms with Gasteiger partial charge in [-0.15, -0.1) is 6.58 Å². The SMILES string of the molecule is BSCC=C. The van der Waals surface area contributed by atoms with E-state index in [9.17, 15) is 0 Å². The molecular weight excluding hydrogens is 78.9 g/mol. The Morgan fingerprint density at radius 1 is 2.00 bits per heavy atom. The summed E-state index contributed by atoms with van der Waals surface area (Å²) in [6, 6.07) is 0. The molecule has 0 aliphatic heterocycles. The van der Waals surface area contributed by atoms with Crippen molar-refractivity contribution in [2.45, 2.75) is 0 Å². The fraction of sp³-hybridized carbons (Fsp3) is 0.333. The first-order valence-corrected chi connectivity index (χ1v) is 2.91. The lowest BCUT2D eigenvalue weighted by Crippen LogP contribution is -1.59. The van der Waals surface area contributed by atoms with E-state index in [0.717, 1.165) is 5.75 Å². The largest absolute Gasteiger partial charge is 0.216 e. The Morgan fingerprint density at radius 3 is 2.60 bits per heavy atom. The topological polar surface area (TPSA) is 0 Å². The highest BCUT2D eigenvalue weighted by atomic mass is 32.2. The molecule has 0 fully saturated rings. The minimum absolute atomic E-state index is 1.07. The lowest BCUT2D eigenvalue weighted by molar-refractivity contribution is 1.84. The Bertz CT molecular complexity index is 28.1.